The third-order valence-electron chi connectivity index (χ3n) is 5.68. The fourth-order valence-electron chi connectivity index (χ4n) is 3.80. The molecule has 9 N–H and O–H groups in total. The maximum atomic E-state index is 12.4. The highest BCUT2D eigenvalue weighted by Crippen LogP contribution is 2.39. The molecule has 0 aromatic carbocycles. The number of nitrogen functional groups attached to an aromatic ring is 1. The van der Waals surface area contributed by atoms with Crippen molar-refractivity contribution in [2.45, 2.75) is 76.2 Å². The molecule has 0 aliphatic carbocycles. The summed E-state index contributed by atoms with van der Waals surface area (Å²) in [5, 5.41) is 25.7. The Balaban J connectivity index is 1.44. The number of carbonyl (C=O) groups excluding carboxylic acids is 2. The lowest BCUT2D eigenvalue weighted by molar-refractivity contribution is -0.120. The number of nitrogens with zero attached hydrogens (tertiary/aromatic N) is 4. The minimum absolute atomic E-state index is 0.0349. The van der Waals surface area contributed by atoms with Crippen LogP contribution in [0, 0.1) is 0 Å². The third-order valence-corrected chi connectivity index (χ3v) is 6.80. The minimum atomic E-state index is -4.31. The Morgan fingerprint density at radius 1 is 1.23 bits per heavy atom. The van der Waals surface area contributed by atoms with Gasteiger partial charge in [-0.1, -0.05) is 0 Å². The van der Waals surface area contributed by atoms with E-state index >= 15 is 0 Å². The molecule has 17 nitrogen and oxygen atoms in total. The lowest BCUT2D eigenvalue weighted by Gasteiger charge is -2.22. The molecule has 0 saturated carbocycles. The number of nitrogens with two attached hydrogens (primary N) is 2. The first-order valence-corrected chi connectivity index (χ1v) is 13.7. The Morgan fingerprint density at radius 2 is 1.95 bits per heavy atom. The van der Waals surface area contributed by atoms with Crippen molar-refractivity contribution in [2.24, 2.45) is 5.73 Å². The zero-order valence-corrected chi connectivity index (χ0v) is 22.7. The average Bonchev–Trinajstić information content (AvgIpc) is 3.37. The number of hydrogen-bond donors (Lipinski definition) is 7. The normalized spacial score (nSPS) is 23.8. The highest BCUT2D eigenvalue weighted by molar-refractivity contribution is 7.50. The number of nitrogens with one attached hydrogen (secondary N) is 2. The number of hydrogen-bond acceptors (Lipinski definition) is 12. The number of aliphatic hydroxyl groups excluding tert-OH is 2. The first kappa shape index (κ1) is 30.6. The van der Waals surface area contributed by atoms with Crippen molar-refractivity contribution >= 4 is 36.7 Å². The van der Waals surface area contributed by atoms with Gasteiger partial charge in [0.15, 0.2) is 17.7 Å². The zero-order chi connectivity index (χ0) is 29.0. The van der Waals surface area contributed by atoms with E-state index in [4.69, 9.17) is 25.5 Å². The summed E-state index contributed by atoms with van der Waals surface area (Å²) >= 11 is 0. The van der Waals surface area contributed by atoms with Gasteiger partial charge in [0, 0.05) is 6.54 Å². The van der Waals surface area contributed by atoms with Crippen LogP contribution in [0.25, 0.3) is 11.2 Å². The van der Waals surface area contributed by atoms with Crippen LogP contribution in [0.2, 0.25) is 0 Å². The van der Waals surface area contributed by atoms with E-state index in [-0.39, 0.29) is 29.9 Å². The predicted octanol–water partition coefficient (Wildman–Crippen LogP) is -0.717. The number of alkyl carbamates (subject to hydrolysis) is 1. The number of aromatic nitrogens is 4. The molecule has 0 spiro atoms. The monoisotopic (exact) mass is 574 g/mol. The summed E-state index contributed by atoms with van der Waals surface area (Å²) in [6.07, 6.45) is -2.42. The van der Waals surface area contributed by atoms with Gasteiger partial charge in [0.25, 0.3) is 0 Å². The molecule has 218 valence electrons. The van der Waals surface area contributed by atoms with E-state index in [2.05, 4.69) is 25.4 Å². The highest BCUT2D eigenvalue weighted by Gasteiger charge is 2.45. The summed E-state index contributed by atoms with van der Waals surface area (Å²) in [5.41, 5.74) is 10.9. The van der Waals surface area contributed by atoms with E-state index in [9.17, 15) is 29.3 Å². The summed E-state index contributed by atoms with van der Waals surface area (Å²) < 4.78 is 29.6. The first-order chi connectivity index (χ1) is 18.2. The molecule has 18 heteroatoms. The van der Waals surface area contributed by atoms with Crippen LogP contribution in [0.4, 0.5) is 10.6 Å². The van der Waals surface area contributed by atoms with E-state index in [1.54, 1.807) is 20.8 Å². The van der Waals surface area contributed by atoms with Gasteiger partial charge in [-0.3, -0.25) is 13.9 Å². The SMILES string of the molecule is CC(C)(C)OC(=O)N[C@@H](CCCCNP(=O)(O)OC[C@H]1O[C@@H](n2cnc3c(N)ncnc32)[C@H](O)[C@@H]1O)C(N)=O. The van der Waals surface area contributed by atoms with Gasteiger partial charge in [-0.05, 0) is 40.0 Å². The lowest BCUT2D eigenvalue weighted by atomic mass is 10.1. The molecule has 0 bridgehead atoms. The second kappa shape index (κ2) is 12.5. The fourth-order valence-corrected chi connectivity index (χ4v) is 4.68. The molecule has 0 radical (unpaired) electrons. The molecule has 6 atom stereocenters. The molecule has 2 amide bonds. The third kappa shape index (κ3) is 8.28. The predicted molar refractivity (Wildman–Crippen MR) is 136 cm³/mol. The van der Waals surface area contributed by atoms with Crippen molar-refractivity contribution in [1.29, 1.82) is 0 Å². The quantitative estimate of drug-likeness (QED) is 0.122. The Labute approximate surface area is 223 Å². The summed E-state index contributed by atoms with van der Waals surface area (Å²) in [4.78, 5) is 45.6. The molecule has 39 heavy (non-hydrogen) atoms. The topological polar surface area (TPSA) is 259 Å². The lowest BCUT2D eigenvalue weighted by Crippen LogP contribution is -2.46. The van der Waals surface area contributed by atoms with Crippen molar-refractivity contribution in [3.8, 4) is 0 Å². The van der Waals surface area contributed by atoms with Gasteiger partial charge < -0.3 is 41.4 Å². The summed E-state index contributed by atoms with van der Waals surface area (Å²) in [5.74, 6) is -0.608. The van der Waals surface area contributed by atoms with Crippen molar-refractivity contribution in [2.75, 3.05) is 18.9 Å². The number of imidazole rings is 1. The van der Waals surface area contributed by atoms with Gasteiger partial charge in [-0.25, -0.2) is 29.4 Å². The number of carbonyl (C=O) groups is 2. The van der Waals surface area contributed by atoms with E-state index < -0.39 is 62.5 Å². The molecule has 3 rings (SSSR count). The van der Waals surface area contributed by atoms with Crippen molar-refractivity contribution in [1.82, 2.24) is 29.9 Å². The number of ether oxygens (including phenoxy) is 2. The number of rotatable bonds is 12. The van der Waals surface area contributed by atoms with Gasteiger partial charge in [0.2, 0.25) is 5.91 Å². The molecule has 1 fully saturated rings. The second-order valence-electron chi connectivity index (χ2n) is 9.95. The van der Waals surface area contributed by atoms with E-state index in [1.807, 2.05) is 0 Å². The zero-order valence-electron chi connectivity index (χ0n) is 21.8. The number of anilines is 1. The molecule has 1 aliphatic heterocycles. The Kier molecular flexibility index (Phi) is 9.82. The number of aliphatic hydroxyl groups is 2. The molecule has 2 aromatic rings. The van der Waals surface area contributed by atoms with Crippen LogP contribution in [0.3, 0.4) is 0 Å². The van der Waals surface area contributed by atoms with Gasteiger partial charge >= 0.3 is 13.8 Å². The molecule has 1 saturated heterocycles. The van der Waals surface area contributed by atoms with E-state index in [0.29, 0.717) is 12.8 Å². The van der Waals surface area contributed by atoms with Crippen LogP contribution in [0.1, 0.15) is 46.3 Å². The second-order valence-corrected chi connectivity index (χ2v) is 11.6. The maximum Gasteiger partial charge on any atom is 0.408 e. The van der Waals surface area contributed by atoms with Crippen molar-refractivity contribution in [3.63, 3.8) is 0 Å². The van der Waals surface area contributed by atoms with E-state index in [0.717, 1.165) is 0 Å². The van der Waals surface area contributed by atoms with Gasteiger partial charge in [-0.15, -0.1) is 0 Å². The standard InChI is InChI=1S/C21H35N8O9P/c1-21(2,3)38-20(33)28-11(17(23)32)6-4-5-7-27-39(34,35)36-8-12-14(30)15(31)19(37-12)29-10-26-13-16(22)24-9-25-18(13)29/h9-12,14-15,19,30-31H,4-8H2,1-3H3,(H2,23,32)(H,28,33)(H2,22,24,25)(H2,27,34,35)/t11-,12+,14+,15+,19+/m0/s1. The number of unbranched alkanes of at least 4 members (excludes halogenated alkanes) is 1. The highest BCUT2D eigenvalue weighted by atomic mass is 31.2. The molecule has 3 heterocycles. The Hall–Kier alpha value is -2.92. The molecular formula is C21H35N8O9P. The van der Waals surface area contributed by atoms with Gasteiger partial charge in [-0.2, -0.15) is 0 Å². The van der Waals surface area contributed by atoms with E-state index in [1.165, 1.54) is 17.2 Å². The summed E-state index contributed by atoms with van der Waals surface area (Å²) in [6.45, 7) is 4.57. The number of amides is 2. The summed E-state index contributed by atoms with van der Waals surface area (Å²) in [7, 11) is -4.31. The Bertz CT molecular complexity index is 1210. The fraction of sp³-hybridized carbons (Fsp3) is 0.667. The maximum absolute atomic E-state index is 12.4. The van der Waals surface area contributed by atoms with Crippen LogP contribution >= 0.6 is 7.75 Å². The molecule has 2 aromatic heterocycles. The molecule has 1 unspecified atom stereocenters. The minimum Gasteiger partial charge on any atom is -0.444 e. The largest absolute Gasteiger partial charge is 0.444 e. The summed E-state index contributed by atoms with van der Waals surface area (Å²) in [6, 6.07) is -0.965. The van der Waals surface area contributed by atoms with Crippen LogP contribution in [0.15, 0.2) is 12.7 Å². The van der Waals surface area contributed by atoms with Crippen LogP contribution in [-0.4, -0.2) is 89.7 Å². The van der Waals surface area contributed by atoms with Crippen molar-refractivity contribution in [3.05, 3.63) is 12.7 Å². The van der Waals surface area contributed by atoms with Crippen LogP contribution < -0.4 is 21.9 Å². The molecular weight excluding hydrogens is 539 g/mol. The van der Waals surface area contributed by atoms with Crippen molar-refractivity contribution < 1.29 is 43.3 Å². The smallest absolute Gasteiger partial charge is 0.408 e. The first-order valence-electron chi connectivity index (χ1n) is 12.1. The number of primary amides is 1. The average molecular weight is 575 g/mol. The number of fused-ring (bicyclic) bond motifs is 1. The van der Waals surface area contributed by atoms with Crippen LogP contribution in [-0.2, 0) is 23.4 Å². The van der Waals surface area contributed by atoms with Gasteiger partial charge in [0.05, 0.1) is 12.9 Å². The van der Waals surface area contributed by atoms with Gasteiger partial charge in [0.1, 0.15) is 41.8 Å². The molecule has 1 aliphatic rings. The Morgan fingerprint density at radius 3 is 2.62 bits per heavy atom. The van der Waals surface area contributed by atoms with Crippen LogP contribution in [0.5, 0.6) is 0 Å².